The molecule has 1 heterocycles. The van der Waals surface area contributed by atoms with Crippen molar-refractivity contribution in [3.8, 4) is 33.4 Å². The number of rotatable bonds is 4. The highest BCUT2D eigenvalue weighted by molar-refractivity contribution is 6.28. The Kier molecular flexibility index (Phi) is 6.54. The molecule has 1 fully saturated rings. The Hall–Kier alpha value is -5.92. The summed E-state index contributed by atoms with van der Waals surface area (Å²) in [5, 5.41) is 10.5. The molecule has 1 nitrogen and oxygen atoms in total. The molecule has 9 aromatic carbocycles. The summed E-state index contributed by atoms with van der Waals surface area (Å²) in [6.45, 7) is 5.05. The minimum absolute atomic E-state index is 0.0381. The Morgan fingerprint density at radius 2 is 1.00 bits per heavy atom. The number of hydrogen-bond acceptors (Lipinski definition) is 1. The standard InChI is InChI=1S/C52H41N/c1-51-31-9-10-32-52(51,2)53(38-15-7-4-8-16-38)48-30-25-37(33-47(48)51)39-17-11-19-42-41(39)18-12-20-43(42)44-27-22-36-23-28-45-40(34-13-5-3-6-14-34)26-21-35-24-29-46(44)50(36)49(35)45/h3-8,11-30,33H,9-10,31-32H2,1-2H3. The van der Waals surface area contributed by atoms with Crippen LogP contribution in [0.4, 0.5) is 11.4 Å². The van der Waals surface area contributed by atoms with Crippen molar-refractivity contribution in [1.29, 1.82) is 0 Å². The number of nitrogens with zero attached hydrogens (tertiary/aromatic N) is 1. The zero-order valence-corrected chi connectivity index (χ0v) is 30.4. The van der Waals surface area contributed by atoms with Gasteiger partial charge in [-0.1, -0.05) is 159 Å². The first kappa shape index (κ1) is 30.7. The molecule has 0 bridgehead atoms. The summed E-state index contributed by atoms with van der Waals surface area (Å²) < 4.78 is 0. The third-order valence-electron chi connectivity index (χ3n) is 13.4. The van der Waals surface area contributed by atoms with Crippen LogP contribution in [0.2, 0.25) is 0 Å². The Morgan fingerprint density at radius 3 is 1.74 bits per heavy atom. The fraction of sp³-hybridized carbons (Fsp3) is 0.154. The Morgan fingerprint density at radius 1 is 0.434 bits per heavy atom. The third kappa shape index (κ3) is 4.25. The molecule has 1 aliphatic carbocycles. The van der Waals surface area contributed by atoms with E-state index in [-0.39, 0.29) is 11.0 Å². The van der Waals surface area contributed by atoms with E-state index in [2.05, 4.69) is 183 Å². The lowest BCUT2D eigenvalue weighted by atomic mass is 9.61. The van der Waals surface area contributed by atoms with Crippen LogP contribution in [0.1, 0.15) is 45.1 Å². The lowest BCUT2D eigenvalue weighted by molar-refractivity contribution is 0.195. The molecule has 2 atom stereocenters. The quantitative estimate of drug-likeness (QED) is 0.167. The lowest BCUT2D eigenvalue weighted by Crippen LogP contribution is -2.54. The van der Waals surface area contributed by atoms with Gasteiger partial charge in [0.15, 0.2) is 0 Å². The molecule has 0 N–H and O–H groups in total. The Bertz CT molecular complexity index is 2870. The maximum Gasteiger partial charge on any atom is 0.0517 e. The summed E-state index contributed by atoms with van der Waals surface area (Å²) in [5.74, 6) is 0. The van der Waals surface area contributed by atoms with E-state index in [0.29, 0.717) is 0 Å². The lowest BCUT2D eigenvalue weighted by Gasteiger charge is -2.50. The van der Waals surface area contributed by atoms with Crippen LogP contribution in [0.5, 0.6) is 0 Å². The van der Waals surface area contributed by atoms with E-state index in [0.717, 1.165) is 0 Å². The summed E-state index contributed by atoms with van der Waals surface area (Å²) in [6, 6.07) is 61.6. The molecule has 2 aliphatic rings. The molecule has 11 rings (SSSR count). The molecule has 9 aromatic rings. The Balaban J connectivity index is 1.09. The van der Waals surface area contributed by atoms with E-state index in [9.17, 15) is 0 Å². The van der Waals surface area contributed by atoms with Crippen LogP contribution in [-0.2, 0) is 5.41 Å². The van der Waals surface area contributed by atoms with Crippen LogP contribution < -0.4 is 4.90 Å². The molecule has 0 spiro atoms. The zero-order chi connectivity index (χ0) is 35.3. The van der Waals surface area contributed by atoms with Gasteiger partial charge in [0.05, 0.1) is 5.54 Å². The van der Waals surface area contributed by atoms with Gasteiger partial charge in [-0.2, -0.15) is 0 Å². The molecular weight excluding hydrogens is 639 g/mol. The molecule has 0 aromatic heterocycles. The zero-order valence-electron chi connectivity index (χ0n) is 30.4. The van der Waals surface area contributed by atoms with Gasteiger partial charge < -0.3 is 4.90 Å². The molecule has 0 radical (unpaired) electrons. The normalized spacial score (nSPS) is 19.7. The molecular formula is C52H41N. The van der Waals surface area contributed by atoms with E-state index in [1.165, 1.54) is 119 Å². The maximum absolute atomic E-state index is 2.67. The van der Waals surface area contributed by atoms with Crippen LogP contribution in [0.25, 0.3) is 76.5 Å². The number of benzene rings is 9. The molecule has 254 valence electrons. The van der Waals surface area contributed by atoms with Crippen molar-refractivity contribution in [1.82, 2.24) is 0 Å². The summed E-state index contributed by atoms with van der Waals surface area (Å²) in [5.41, 5.74) is 12.0. The minimum Gasteiger partial charge on any atom is -0.334 e. The second-order valence-corrected chi connectivity index (χ2v) is 15.9. The average molecular weight is 680 g/mol. The number of fused-ring (bicyclic) bond motifs is 4. The molecule has 53 heavy (non-hydrogen) atoms. The van der Waals surface area contributed by atoms with Crippen molar-refractivity contribution in [3.05, 3.63) is 169 Å². The number of hydrogen-bond donors (Lipinski definition) is 0. The van der Waals surface area contributed by atoms with Crippen LogP contribution in [0.15, 0.2) is 164 Å². The van der Waals surface area contributed by atoms with Crippen molar-refractivity contribution in [2.24, 2.45) is 0 Å². The van der Waals surface area contributed by atoms with E-state index in [1.807, 2.05) is 0 Å². The topological polar surface area (TPSA) is 3.24 Å². The van der Waals surface area contributed by atoms with Gasteiger partial charge in [0.25, 0.3) is 0 Å². The van der Waals surface area contributed by atoms with Gasteiger partial charge in [-0.05, 0) is 126 Å². The Labute approximate surface area is 311 Å². The molecule has 0 saturated heterocycles. The molecule has 1 saturated carbocycles. The van der Waals surface area contributed by atoms with Crippen LogP contribution in [-0.4, -0.2) is 5.54 Å². The van der Waals surface area contributed by atoms with Gasteiger partial charge in [-0.15, -0.1) is 0 Å². The monoisotopic (exact) mass is 679 g/mol. The molecule has 2 unspecified atom stereocenters. The van der Waals surface area contributed by atoms with Gasteiger partial charge in [-0.3, -0.25) is 0 Å². The fourth-order valence-corrected chi connectivity index (χ4v) is 10.6. The summed E-state index contributed by atoms with van der Waals surface area (Å²) in [6.07, 6.45) is 4.97. The maximum atomic E-state index is 2.67. The highest BCUT2D eigenvalue weighted by Gasteiger charge is 2.57. The SMILES string of the molecule is CC12CCCCC1(C)N(c1ccccc1)c1ccc(-c3cccc4c(-c5ccc6ccc7c(-c8ccccc8)ccc8ccc5c6c87)cccc34)cc12. The second kappa shape index (κ2) is 11.3. The van der Waals surface area contributed by atoms with Crippen molar-refractivity contribution in [3.63, 3.8) is 0 Å². The second-order valence-electron chi connectivity index (χ2n) is 15.9. The van der Waals surface area contributed by atoms with Gasteiger partial charge in [0, 0.05) is 16.8 Å². The first-order valence-electron chi connectivity index (χ1n) is 19.3. The van der Waals surface area contributed by atoms with Crippen molar-refractivity contribution in [2.45, 2.75) is 50.5 Å². The summed E-state index contributed by atoms with van der Waals surface area (Å²) in [4.78, 5) is 2.67. The van der Waals surface area contributed by atoms with Crippen LogP contribution in [0.3, 0.4) is 0 Å². The van der Waals surface area contributed by atoms with Gasteiger partial charge in [0.1, 0.15) is 0 Å². The van der Waals surface area contributed by atoms with E-state index in [4.69, 9.17) is 0 Å². The smallest absolute Gasteiger partial charge is 0.0517 e. The van der Waals surface area contributed by atoms with E-state index < -0.39 is 0 Å². The third-order valence-corrected chi connectivity index (χ3v) is 13.4. The van der Waals surface area contributed by atoms with Gasteiger partial charge in [-0.25, -0.2) is 0 Å². The van der Waals surface area contributed by atoms with Crippen molar-refractivity contribution < 1.29 is 0 Å². The number of para-hydroxylation sites is 1. The van der Waals surface area contributed by atoms with E-state index in [1.54, 1.807) is 0 Å². The first-order valence-corrected chi connectivity index (χ1v) is 19.3. The van der Waals surface area contributed by atoms with Crippen LogP contribution in [0, 0.1) is 0 Å². The predicted molar refractivity (Wildman–Crippen MR) is 227 cm³/mol. The molecule has 0 amide bonds. The summed E-state index contributed by atoms with van der Waals surface area (Å²) in [7, 11) is 0. The van der Waals surface area contributed by atoms with Crippen molar-refractivity contribution in [2.75, 3.05) is 4.90 Å². The first-order chi connectivity index (χ1) is 26.0. The predicted octanol–water partition coefficient (Wildman–Crippen LogP) is 14.5. The highest BCUT2D eigenvalue weighted by atomic mass is 15.3. The number of anilines is 2. The summed E-state index contributed by atoms with van der Waals surface area (Å²) >= 11 is 0. The molecule has 1 heteroatoms. The van der Waals surface area contributed by atoms with E-state index >= 15 is 0 Å². The highest BCUT2D eigenvalue weighted by Crippen LogP contribution is 2.61. The van der Waals surface area contributed by atoms with Gasteiger partial charge >= 0.3 is 0 Å². The minimum atomic E-state index is 0.0381. The van der Waals surface area contributed by atoms with Crippen LogP contribution >= 0.6 is 0 Å². The average Bonchev–Trinajstić information content (AvgIpc) is 3.42. The largest absolute Gasteiger partial charge is 0.334 e. The van der Waals surface area contributed by atoms with Gasteiger partial charge in [0.2, 0.25) is 0 Å². The molecule has 1 aliphatic heterocycles. The fourth-order valence-electron chi connectivity index (χ4n) is 10.6. The van der Waals surface area contributed by atoms with Crippen molar-refractivity contribution >= 4 is 54.5 Å².